The summed E-state index contributed by atoms with van der Waals surface area (Å²) in [6.45, 7) is 0. The Kier molecular flexibility index (Phi) is 4.82. The van der Waals surface area contributed by atoms with Crippen molar-refractivity contribution in [1.82, 2.24) is 4.98 Å². The normalized spacial score (nSPS) is 11.6. The molecule has 8 aromatic rings. The lowest BCUT2D eigenvalue weighted by atomic mass is 10.0. The highest BCUT2D eigenvalue weighted by Gasteiger charge is 2.16. The summed E-state index contributed by atoms with van der Waals surface area (Å²) >= 11 is 0. The molecule has 0 fully saturated rings. The Labute approximate surface area is 225 Å². The summed E-state index contributed by atoms with van der Waals surface area (Å²) in [6.07, 6.45) is 0. The predicted molar refractivity (Wildman–Crippen MR) is 163 cm³/mol. The molecule has 1 N–H and O–H groups in total. The number of benzene rings is 6. The van der Waals surface area contributed by atoms with Crippen molar-refractivity contribution in [2.75, 3.05) is 4.90 Å². The Morgan fingerprint density at radius 1 is 0.462 bits per heavy atom. The highest BCUT2D eigenvalue weighted by molar-refractivity contribution is 6.14. The number of rotatable bonds is 4. The van der Waals surface area contributed by atoms with Gasteiger partial charge in [-0.1, -0.05) is 78.9 Å². The molecule has 0 aliphatic rings. The van der Waals surface area contributed by atoms with Gasteiger partial charge >= 0.3 is 0 Å². The minimum absolute atomic E-state index is 0.908. The maximum absolute atomic E-state index is 6.20. The Morgan fingerprint density at radius 3 is 1.95 bits per heavy atom. The van der Waals surface area contributed by atoms with Crippen LogP contribution in [0.5, 0.6) is 0 Å². The van der Waals surface area contributed by atoms with Gasteiger partial charge in [0.25, 0.3) is 0 Å². The number of aromatic nitrogens is 1. The van der Waals surface area contributed by atoms with E-state index < -0.39 is 0 Å². The Balaban J connectivity index is 1.30. The fourth-order valence-corrected chi connectivity index (χ4v) is 5.78. The number of nitrogens with one attached hydrogen (secondary N) is 1. The first-order valence-corrected chi connectivity index (χ1v) is 13.2. The number of H-pyrrole nitrogens is 1. The summed E-state index contributed by atoms with van der Waals surface area (Å²) in [5.74, 6) is 0. The molecule has 2 heterocycles. The van der Waals surface area contributed by atoms with Gasteiger partial charge in [0.15, 0.2) is 0 Å². The van der Waals surface area contributed by atoms with Crippen LogP contribution in [0.4, 0.5) is 17.1 Å². The molecular formula is C36H24N2O. The van der Waals surface area contributed by atoms with Crippen LogP contribution < -0.4 is 4.90 Å². The second-order valence-corrected chi connectivity index (χ2v) is 9.90. The maximum Gasteiger partial charge on any atom is 0.136 e. The number of para-hydroxylation sites is 4. The number of hydrogen-bond acceptors (Lipinski definition) is 2. The summed E-state index contributed by atoms with van der Waals surface area (Å²) in [4.78, 5) is 6.02. The van der Waals surface area contributed by atoms with E-state index in [1.54, 1.807) is 0 Å². The van der Waals surface area contributed by atoms with E-state index in [9.17, 15) is 0 Å². The van der Waals surface area contributed by atoms with Gasteiger partial charge in [0.05, 0.1) is 5.52 Å². The summed E-state index contributed by atoms with van der Waals surface area (Å²) in [5, 5.41) is 4.70. The molecule has 6 aromatic carbocycles. The standard InChI is InChI=1S/C36H24N2O/c1-3-10-25(11-4-1)38(26-12-5-2-6-13-26)27-19-21-33-32(23-27)31-16-9-15-28(36(31)37-33)24-18-20-30-29-14-7-8-17-34(29)39-35(30)22-24/h1-23,37H. The van der Waals surface area contributed by atoms with Crippen LogP contribution in [-0.4, -0.2) is 4.98 Å². The molecule has 3 nitrogen and oxygen atoms in total. The summed E-state index contributed by atoms with van der Waals surface area (Å²) in [7, 11) is 0. The van der Waals surface area contributed by atoms with Crippen molar-refractivity contribution >= 4 is 60.8 Å². The monoisotopic (exact) mass is 500 g/mol. The largest absolute Gasteiger partial charge is 0.456 e. The van der Waals surface area contributed by atoms with Crippen molar-refractivity contribution in [2.45, 2.75) is 0 Å². The molecule has 0 saturated carbocycles. The van der Waals surface area contributed by atoms with E-state index in [0.29, 0.717) is 0 Å². The van der Waals surface area contributed by atoms with E-state index in [0.717, 1.165) is 61.2 Å². The zero-order chi connectivity index (χ0) is 25.8. The van der Waals surface area contributed by atoms with Gasteiger partial charge in [-0.2, -0.15) is 0 Å². The number of fused-ring (bicyclic) bond motifs is 6. The molecule has 0 amide bonds. The second kappa shape index (κ2) is 8.64. The lowest BCUT2D eigenvalue weighted by molar-refractivity contribution is 0.669. The Hall–Kier alpha value is -5.28. The molecule has 0 aliphatic heterocycles. The highest BCUT2D eigenvalue weighted by atomic mass is 16.3. The van der Waals surface area contributed by atoms with Gasteiger partial charge in [0, 0.05) is 49.7 Å². The van der Waals surface area contributed by atoms with Gasteiger partial charge in [-0.25, -0.2) is 0 Å². The minimum Gasteiger partial charge on any atom is -0.456 e. The van der Waals surface area contributed by atoms with Crippen LogP contribution in [0.1, 0.15) is 0 Å². The fourth-order valence-electron chi connectivity index (χ4n) is 5.78. The van der Waals surface area contributed by atoms with Crippen LogP contribution in [0, 0.1) is 0 Å². The quantitative estimate of drug-likeness (QED) is 0.261. The van der Waals surface area contributed by atoms with Gasteiger partial charge in [0.1, 0.15) is 11.2 Å². The van der Waals surface area contributed by atoms with Crippen molar-refractivity contribution in [3.63, 3.8) is 0 Å². The molecule has 39 heavy (non-hydrogen) atoms. The van der Waals surface area contributed by atoms with Crippen molar-refractivity contribution in [3.05, 3.63) is 140 Å². The third-order valence-electron chi connectivity index (χ3n) is 7.59. The van der Waals surface area contributed by atoms with E-state index in [2.05, 4.69) is 137 Å². The molecule has 8 rings (SSSR count). The molecule has 184 valence electrons. The van der Waals surface area contributed by atoms with Crippen molar-refractivity contribution < 1.29 is 4.42 Å². The lowest BCUT2D eigenvalue weighted by Gasteiger charge is -2.25. The Bertz CT molecular complexity index is 2080. The molecule has 0 radical (unpaired) electrons. The Morgan fingerprint density at radius 2 is 1.15 bits per heavy atom. The molecule has 0 spiro atoms. The van der Waals surface area contributed by atoms with Crippen LogP contribution in [0.3, 0.4) is 0 Å². The molecule has 3 heteroatoms. The number of nitrogens with zero attached hydrogens (tertiary/aromatic N) is 1. The fraction of sp³-hybridized carbons (Fsp3) is 0. The maximum atomic E-state index is 6.20. The average Bonchev–Trinajstić information content (AvgIpc) is 3.56. The highest BCUT2D eigenvalue weighted by Crippen LogP contribution is 2.40. The van der Waals surface area contributed by atoms with Crippen LogP contribution in [0.25, 0.3) is 54.9 Å². The van der Waals surface area contributed by atoms with Crippen LogP contribution in [0.2, 0.25) is 0 Å². The number of anilines is 3. The predicted octanol–water partition coefficient (Wildman–Crippen LogP) is 10.4. The second-order valence-electron chi connectivity index (χ2n) is 9.90. The first-order chi connectivity index (χ1) is 19.3. The number of aromatic amines is 1. The molecular weight excluding hydrogens is 476 g/mol. The average molecular weight is 501 g/mol. The number of hydrogen-bond donors (Lipinski definition) is 1. The minimum atomic E-state index is 0.908. The van der Waals surface area contributed by atoms with Gasteiger partial charge in [0.2, 0.25) is 0 Å². The first-order valence-electron chi connectivity index (χ1n) is 13.2. The molecule has 0 aliphatic carbocycles. The van der Waals surface area contributed by atoms with E-state index in [-0.39, 0.29) is 0 Å². The van der Waals surface area contributed by atoms with E-state index in [1.807, 2.05) is 12.1 Å². The van der Waals surface area contributed by atoms with Crippen LogP contribution >= 0.6 is 0 Å². The third-order valence-corrected chi connectivity index (χ3v) is 7.59. The van der Waals surface area contributed by atoms with Gasteiger partial charge in [-0.3, -0.25) is 0 Å². The zero-order valence-electron chi connectivity index (χ0n) is 21.1. The van der Waals surface area contributed by atoms with Crippen molar-refractivity contribution in [2.24, 2.45) is 0 Å². The SMILES string of the molecule is c1ccc(N(c2ccccc2)c2ccc3[nH]c4c(-c5ccc6c(c5)oc5ccccc56)cccc4c3c2)cc1. The third kappa shape index (κ3) is 3.52. The van der Waals surface area contributed by atoms with Gasteiger partial charge in [-0.15, -0.1) is 0 Å². The van der Waals surface area contributed by atoms with Crippen molar-refractivity contribution in [3.8, 4) is 11.1 Å². The molecule has 0 atom stereocenters. The van der Waals surface area contributed by atoms with E-state index >= 15 is 0 Å². The van der Waals surface area contributed by atoms with Crippen LogP contribution in [0.15, 0.2) is 144 Å². The van der Waals surface area contributed by atoms with Gasteiger partial charge in [-0.05, 0) is 66.2 Å². The summed E-state index contributed by atoms with van der Waals surface area (Å²) < 4.78 is 6.20. The van der Waals surface area contributed by atoms with Crippen LogP contribution in [-0.2, 0) is 0 Å². The molecule has 0 unspecified atom stereocenters. The van der Waals surface area contributed by atoms with E-state index in [4.69, 9.17) is 4.42 Å². The van der Waals surface area contributed by atoms with E-state index in [1.165, 1.54) is 10.8 Å². The van der Waals surface area contributed by atoms with Gasteiger partial charge < -0.3 is 14.3 Å². The smallest absolute Gasteiger partial charge is 0.136 e. The zero-order valence-corrected chi connectivity index (χ0v) is 21.1. The molecule has 2 aromatic heterocycles. The molecule has 0 saturated heterocycles. The van der Waals surface area contributed by atoms with Crippen molar-refractivity contribution in [1.29, 1.82) is 0 Å². The lowest BCUT2D eigenvalue weighted by Crippen LogP contribution is -2.09. The summed E-state index contributed by atoms with van der Waals surface area (Å²) in [6, 6.07) is 49.0. The topological polar surface area (TPSA) is 32.2 Å². The summed E-state index contributed by atoms with van der Waals surface area (Å²) in [5.41, 5.74) is 9.75. The first kappa shape index (κ1) is 21.8. The number of furan rings is 1. The molecule has 0 bridgehead atoms.